The van der Waals surface area contributed by atoms with Crippen LogP contribution in [0.4, 0.5) is 0 Å². The lowest BCUT2D eigenvalue weighted by molar-refractivity contribution is 0.673. The second kappa shape index (κ2) is 11.0. The van der Waals surface area contributed by atoms with Gasteiger partial charge in [0.2, 0.25) is 0 Å². The average molecular weight is 626 g/mol. The SMILES string of the molecule is c1ccc(-c2ccc(-c3nc(-c4ccccc4)nc(-c4ccc5c(ccc6c7oc8ccccc8c7c7ccccc7c56)c4)n3)cc2)cc1. The van der Waals surface area contributed by atoms with E-state index >= 15 is 0 Å². The number of para-hydroxylation sites is 1. The molecule has 4 nitrogen and oxygen atoms in total. The van der Waals surface area contributed by atoms with Gasteiger partial charge in [0.25, 0.3) is 0 Å². The highest BCUT2D eigenvalue weighted by Crippen LogP contribution is 2.43. The quantitative estimate of drug-likeness (QED) is 0.183. The zero-order chi connectivity index (χ0) is 32.3. The first-order valence-corrected chi connectivity index (χ1v) is 16.4. The van der Waals surface area contributed by atoms with Gasteiger partial charge in [-0.2, -0.15) is 0 Å². The van der Waals surface area contributed by atoms with Crippen LogP contribution in [-0.4, -0.2) is 15.0 Å². The summed E-state index contributed by atoms with van der Waals surface area (Å²) in [5.74, 6) is 1.92. The summed E-state index contributed by atoms with van der Waals surface area (Å²) < 4.78 is 6.53. The first-order chi connectivity index (χ1) is 24.3. The van der Waals surface area contributed by atoms with E-state index in [1.807, 2.05) is 48.5 Å². The maximum atomic E-state index is 6.53. The number of rotatable bonds is 4. The largest absolute Gasteiger partial charge is 0.455 e. The second-order valence-corrected chi connectivity index (χ2v) is 12.4. The van der Waals surface area contributed by atoms with Gasteiger partial charge < -0.3 is 4.42 Å². The summed E-state index contributed by atoms with van der Waals surface area (Å²) in [6, 6.07) is 56.8. The molecule has 228 valence electrons. The molecule has 0 aliphatic carbocycles. The normalized spacial score (nSPS) is 11.7. The molecule has 2 aromatic heterocycles. The molecule has 0 spiro atoms. The van der Waals surface area contributed by atoms with Crippen LogP contribution in [-0.2, 0) is 0 Å². The van der Waals surface area contributed by atoms with Crippen molar-refractivity contribution in [2.24, 2.45) is 0 Å². The fraction of sp³-hybridized carbons (Fsp3) is 0. The first-order valence-electron chi connectivity index (χ1n) is 16.4. The standard InChI is InChI=1S/C45H27N3O/c1-3-11-28(12-4-1)29-19-21-31(22-20-29)44-46-43(30-13-5-2-6-14-30)47-45(48-44)33-24-25-34-32(27-33)23-26-38-40(34)35-15-7-8-16-36(35)41-37-17-9-10-18-39(37)49-42(38)41/h1-27H. The Hall–Kier alpha value is -6.65. The number of nitrogens with zero attached hydrogens (tertiary/aromatic N) is 3. The van der Waals surface area contributed by atoms with Gasteiger partial charge in [-0.1, -0.05) is 146 Å². The molecule has 0 saturated heterocycles. The molecular formula is C45H27N3O. The summed E-state index contributed by atoms with van der Waals surface area (Å²) >= 11 is 0. The summed E-state index contributed by atoms with van der Waals surface area (Å²) in [5, 5.41) is 9.28. The molecular weight excluding hydrogens is 599 g/mol. The number of hydrogen-bond donors (Lipinski definition) is 0. The molecule has 4 heteroatoms. The summed E-state index contributed by atoms with van der Waals surface area (Å²) in [5.41, 5.74) is 6.97. The molecule has 10 rings (SSSR count). The maximum Gasteiger partial charge on any atom is 0.164 e. The topological polar surface area (TPSA) is 51.8 Å². The van der Waals surface area contributed by atoms with Gasteiger partial charge in [0.15, 0.2) is 17.5 Å². The Balaban J connectivity index is 1.16. The van der Waals surface area contributed by atoms with Crippen molar-refractivity contribution in [1.82, 2.24) is 15.0 Å². The summed E-state index contributed by atoms with van der Waals surface area (Å²) in [6.07, 6.45) is 0. The number of aromatic nitrogens is 3. The van der Waals surface area contributed by atoms with Crippen molar-refractivity contribution in [3.63, 3.8) is 0 Å². The monoisotopic (exact) mass is 625 g/mol. The number of fused-ring (bicyclic) bond motifs is 10. The molecule has 0 amide bonds. The minimum atomic E-state index is 0.635. The van der Waals surface area contributed by atoms with E-state index in [4.69, 9.17) is 19.4 Å². The maximum absolute atomic E-state index is 6.53. The molecule has 0 aliphatic heterocycles. The Labute approximate surface area is 282 Å². The van der Waals surface area contributed by atoms with E-state index in [1.165, 1.54) is 21.7 Å². The Bertz CT molecular complexity index is 2860. The fourth-order valence-corrected chi connectivity index (χ4v) is 7.16. The van der Waals surface area contributed by atoms with Crippen LogP contribution in [0.3, 0.4) is 0 Å². The molecule has 0 saturated carbocycles. The van der Waals surface area contributed by atoms with E-state index in [-0.39, 0.29) is 0 Å². The molecule has 0 aliphatic rings. The van der Waals surface area contributed by atoms with Gasteiger partial charge in [0.1, 0.15) is 11.2 Å². The van der Waals surface area contributed by atoms with Crippen LogP contribution in [0.5, 0.6) is 0 Å². The molecule has 0 atom stereocenters. The van der Waals surface area contributed by atoms with Gasteiger partial charge >= 0.3 is 0 Å². The van der Waals surface area contributed by atoms with Gasteiger partial charge in [0, 0.05) is 38.2 Å². The van der Waals surface area contributed by atoms with Crippen molar-refractivity contribution >= 4 is 54.3 Å². The van der Waals surface area contributed by atoms with Gasteiger partial charge in [-0.05, 0) is 50.9 Å². The van der Waals surface area contributed by atoms with E-state index in [1.54, 1.807) is 0 Å². The highest BCUT2D eigenvalue weighted by Gasteiger charge is 2.18. The third-order valence-corrected chi connectivity index (χ3v) is 9.50. The Morgan fingerprint density at radius 3 is 1.53 bits per heavy atom. The molecule has 0 fully saturated rings. The van der Waals surface area contributed by atoms with E-state index in [0.717, 1.165) is 60.4 Å². The van der Waals surface area contributed by atoms with Crippen LogP contribution in [0.1, 0.15) is 0 Å². The van der Waals surface area contributed by atoms with E-state index < -0.39 is 0 Å². The fourth-order valence-electron chi connectivity index (χ4n) is 7.16. The molecule has 0 radical (unpaired) electrons. The number of hydrogen-bond acceptors (Lipinski definition) is 4. The highest BCUT2D eigenvalue weighted by atomic mass is 16.3. The Kier molecular flexibility index (Phi) is 6.15. The van der Waals surface area contributed by atoms with Crippen molar-refractivity contribution in [2.45, 2.75) is 0 Å². The Morgan fingerprint density at radius 2 is 0.816 bits per heavy atom. The van der Waals surface area contributed by atoms with Crippen LogP contribution in [0.2, 0.25) is 0 Å². The van der Waals surface area contributed by atoms with Crippen molar-refractivity contribution < 1.29 is 4.42 Å². The van der Waals surface area contributed by atoms with Crippen molar-refractivity contribution in [1.29, 1.82) is 0 Å². The van der Waals surface area contributed by atoms with Gasteiger partial charge in [0.05, 0.1) is 0 Å². The minimum Gasteiger partial charge on any atom is -0.455 e. The number of furan rings is 1. The van der Waals surface area contributed by atoms with Crippen LogP contribution >= 0.6 is 0 Å². The van der Waals surface area contributed by atoms with E-state index in [9.17, 15) is 0 Å². The zero-order valence-electron chi connectivity index (χ0n) is 26.3. The zero-order valence-corrected chi connectivity index (χ0v) is 26.3. The summed E-state index contributed by atoms with van der Waals surface area (Å²) in [4.78, 5) is 15.0. The third kappa shape index (κ3) is 4.49. The van der Waals surface area contributed by atoms with Gasteiger partial charge in [-0.25, -0.2) is 15.0 Å². The molecule has 0 N–H and O–H groups in total. The Morgan fingerprint density at radius 1 is 0.327 bits per heavy atom. The molecule has 0 bridgehead atoms. The predicted molar refractivity (Wildman–Crippen MR) is 201 cm³/mol. The molecule has 8 aromatic carbocycles. The van der Waals surface area contributed by atoms with Gasteiger partial charge in [-0.15, -0.1) is 0 Å². The van der Waals surface area contributed by atoms with Crippen molar-refractivity contribution in [3.05, 3.63) is 164 Å². The minimum absolute atomic E-state index is 0.635. The van der Waals surface area contributed by atoms with Crippen LogP contribution in [0, 0.1) is 0 Å². The number of benzene rings is 8. The molecule has 49 heavy (non-hydrogen) atoms. The van der Waals surface area contributed by atoms with Crippen molar-refractivity contribution in [3.8, 4) is 45.3 Å². The predicted octanol–water partition coefficient (Wildman–Crippen LogP) is 11.9. The third-order valence-electron chi connectivity index (χ3n) is 9.50. The highest BCUT2D eigenvalue weighted by molar-refractivity contribution is 6.34. The lowest BCUT2D eigenvalue weighted by atomic mass is 9.92. The molecule has 10 aromatic rings. The van der Waals surface area contributed by atoms with Crippen LogP contribution in [0.15, 0.2) is 168 Å². The lowest BCUT2D eigenvalue weighted by Crippen LogP contribution is -2.00. The molecule has 2 heterocycles. The summed E-state index contributed by atoms with van der Waals surface area (Å²) in [7, 11) is 0. The smallest absolute Gasteiger partial charge is 0.164 e. The molecule has 0 unspecified atom stereocenters. The van der Waals surface area contributed by atoms with E-state index in [0.29, 0.717) is 17.5 Å². The average Bonchev–Trinajstić information content (AvgIpc) is 3.58. The summed E-state index contributed by atoms with van der Waals surface area (Å²) in [6.45, 7) is 0. The van der Waals surface area contributed by atoms with Gasteiger partial charge in [-0.3, -0.25) is 0 Å². The van der Waals surface area contributed by atoms with Crippen molar-refractivity contribution in [2.75, 3.05) is 0 Å². The van der Waals surface area contributed by atoms with E-state index in [2.05, 4.69) is 115 Å². The second-order valence-electron chi connectivity index (χ2n) is 12.4. The van der Waals surface area contributed by atoms with Crippen LogP contribution in [0.25, 0.3) is 99.5 Å². The lowest BCUT2D eigenvalue weighted by Gasteiger charge is -2.12. The first kappa shape index (κ1) is 27.5. The van der Waals surface area contributed by atoms with Crippen LogP contribution < -0.4 is 0 Å².